The molecule has 0 unspecified atom stereocenters. The minimum atomic E-state index is -0.652. The fourth-order valence-electron chi connectivity index (χ4n) is 3.35. The SMILES string of the molecule is O=C(CNC(=O)c1ccccc1Br)N/N=C/c1ccc(OC(=O)c2ccccc2)c(OC(=O)c2ccccc2)c1. The molecule has 0 aliphatic heterocycles. The lowest BCUT2D eigenvalue weighted by Gasteiger charge is -2.11. The molecule has 0 saturated carbocycles. The molecule has 0 heterocycles. The fourth-order valence-corrected chi connectivity index (χ4v) is 3.82. The molecule has 0 aromatic heterocycles. The Morgan fingerprint density at radius 3 is 1.93 bits per heavy atom. The van der Waals surface area contributed by atoms with Crippen molar-refractivity contribution in [1.82, 2.24) is 10.7 Å². The summed E-state index contributed by atoms with van der Waals surface area (Å²) in [7, 11) is 0. The van der Waals surface area contributed by atoms with Crippen molar-refractivity contribution < 1.29 is 28.7 Å². The first-order valence-electron chi connectivity index (χ1n) is 11.9. The highest BCUT2D eigenvalue weighted by atomic mass is 79.9. The van der Waals surface area contributed by atoms with Gasteiger partial charge >= 0.3 is 11.9 Å². The van der Waals surface area contributed by atoms with Crippen LogP contribution in [0.1, 0.15) is 36.6 Å². The Hall–Kier alpha value is -5.09. The predicted octanol–water partition coefficient (Wildman–Crippen LogP) is 4.77. The molecule has 2 amide bonds. The molecule has 2 N–H and O–H groups in total. The molecule has 4 rings (SSSR count). The average Bonchev–Trinajstić information content (AvgIpc) is 2.98. The largest absolute Gasteiger partial charge is 0.419 e. The van der Waals surface area contributed by atoms with E-state index in [1.54, 1.807) is 91.0 Å². The molecule has 0 aliphatic carbocycles. The summed E-state index contributed by atoms with van der Waals surface area (Å²) >= 11 is 3.29. The Bertz CT molecular complexity index is 1560. The lowest BCUT2D eigenvalue weighted by molar-refractivity contribution is -0.120. The summed E-state index contributed by atoms with van der Waals surface area (Å²) in [6.45, 7) is -0.300. The van der Waals surface area contributed by atoms with Gasteiger partial charge in [-0.3, -0.25) is 9.59 Å². The van der Waals surface area contributed by atoms with Crippen molar-refractivity contribution in [2.24, 2.45) is 5.10 Å². The van der Waals surface area contributed by atoms with Crippen molar-refractivity contribution in [1.29, 1.82) is 0 Å². The topological polar surface area (TPSA) is 123 Å². The fraction of sp³-hybridized carbons (Fsp3) is 0.0333. The van der Waals surface area contributed by atoms with Crippen molar-refractivity contribution in [3.05, 3.63) is 130 Å². The molecule has 0 radical (unpaired) electrons. The highest BCUT2D eigenvalue weighted by Crippen LogP contribution is 2.30. The molecule has 40 heavy (non-hydrogen) atoms. The Balaban J connectivity index is 1.44. The minimum Gasteiger partial charge on any atom is -0.419 e. The average molecular weight is 600 g/mol. The maximum absolute atomic E-state index is 12.7. The summed E-state index contributed by atoms with van der Waals surface area (Å²) in [6, 6.07) is 28.0. The number of benzene rings is 4. The van der Waals surface area contributed by atoms with Gasteiger partial charge in [-0.2, -0.15) is 5.10 Å². The number of halogens is 1. The number of hydrazone groups is 1. The zero-order valence-electron chi connectivity index (χ0n) is 20.9. The normalized spacial score (nSPS) is 10.5. The van der Waals surface area contributed by atoms with Gasteiger partial charge in [-0.05, 0) is 76.1 Å². The first kappa shape index (κ1) is 27.9. The highest BCUT2D eigenvalue weighted by Gasteiger charge is 2.17. The minimum absolute atomic E-state index is 0.0193. The molecule has 0 bridgehead atoms. The van der Waals surface area contributed by atoms with Gasteiger partial charge in [-0.25, -0.2) is 15.0 Å². The van der Waals surface area contributed by atoms with E-state index in [-0.39, 0.29) is 18.0 Å². The summed E-state index contributed by atoms with van der Waals surface area (Å²) in [5, 5.41) is 6.41. The van der Waals surface area contributed by atoms with Crippen LogP contribution in [0.15, 0.2) is 113 Å². The van der Waals surface area contributed by atoms with Crippen LogP contribution in [0.2, 0.25) is 0 Å². The van der Waals surface area contributed by atoms with Crippen LogP contribution in [0.3, 0.4) is 0 Å². The van der Waals surface area contributed by atoms with Gasteiger partial charge < -0.3 is 14.8 Å². The maximum atomic E-state index is 12.7. The summed E-state index contributed by atoms with van der Waals surface area (Å²) in [4.78, 5) is 49.7. The van der Waals surface area contributed by atoms with Crippen LogP contribution in [0.5, 0.6) is 11.5 Å². The second-order valence-corrected chi connectivity index (χ2v) is 9.03. The summed E-state index contributed by atoms with van der Waals surface area (Å²) in [5.41, 5.74) is 3.78. The van der Waals surface area contributed by atoms with Crippen molar-refractivity contribution in [2.75, 3.05) is 6.54 Å². The van der Waals surface area contributed by atoms with Crippen LogP contribution in [0, 0.1) is 0 Å². The van der Waals surface area contributed by atoms with Gasteiger partial charge in [0.15, 0.2) is 11.5 Å². The number of esters is 2. The van der Waals surface area contributed by atoms with Crippen LogP contribution in [0.4, 0.5) is 0 Å². The number of hydrogen-bond acceptors (Lipinski definition) is 7. The van der Waals surface area contributed by atoms with E-state index in [9.17, 15) is 19.2 Å². The molecular formula is C30H22BrN3O6. The number of ether oxygens (including phenoxy) is 2. The van der Waals surface area contributed by atoms with E-state index < -0.39 is 23.8 Å². The summed E-state index contributed by atoms with van der Waals surface area (Å²) in [6.07, 6.45) is 1.32. The highest BCUT2D eigenvalue weighted by molar-refractivity contribution is 9.10. The van der Waals surface area contributed by atoms with E-state index in [2.05, 4.69) is 31.8 Å². The van der Waals surface area contributed by atoms with Gasteiger partial charge in [-0.1, -0.05) is 48.5 Å². The zero-order valence-corrected chi connectivity index (χ0v) is 22.5. The molecule has 4 aromatic rings. The lowest BCUT2D eigenvalue weighted by Crippen LogP contribution is -2.35. The number of rotatable bonds is 9. The molecule has 9 nitrogen and oxygen atoms in total. The van der Waals surface area contributed by atoms with Crippen molar-refractivity contribution in [3.8, 4) is 11.5 Å². The molecule has 10 heteroatoms. The van der Waals surface area contributed by atoms with Crippen LogP contribution in [-0.2, 0) is 4.79 Å². The van der Waals surface area contributed by atoms with Crippen molar-refractivity contribution in [2.45, 2.75) is 0 Å². The van der Waals surface area contributed by atoms with Gasteiger partial charge in [0.05, 0.1) is 29.4 Å². The van der Waals surface area contributed by atoms with Crippen LogP contribution in [0.25, 0.3) is 0 Å². The Morgan fingerprint density at radius 1 is 0.725 bits per heavy atom. The lowest BCUT2D eigenvalue weighted by atomic mass is 10.2. The molecule has 200 valence electrons. The van der Waals surface area contributed by atoms with Crippen molar-refractivity contribution in [3.63, 3.8) is 0 Å². The van der Waals surface area contributed by atoms with Gasteiger partial charge in [-0.15, -0.1) is 0 Å². The third-order valence-electron chi connectivity index (χ3n) is 5.32. The van der Waals surface area contributed by atoms with E-state index in [1.807, 2.05) is 0 Å². The van der Waals surface area contributed by atoms with Crippen molar-refractivity contribution >= 4 is 45.9 Å². The third kappa shape index (κ3) is 7.71. The van der Waals surface area contributed by atoms with Gasteiger partial charge in [0.1, 0.15) is 0 Å². The molecule has 4 aromatic carbocycles. The Morgan fingerprint density at radius 2 is 1.30 bits per heavy atom. The molecule has 0 saturated heterocycles. The monoisotopic (exact) mass is 599 g/mol. The standard InChI is InChI=1S/C30H22BrN3O6/c31-24-14-8-7-13-23(24)28(36)32-19-27(35)34-33-18-20-15-16-25(39-29(37)21-9-3-1-4-10-21)26(17-20)40-30(38)22-11-5-2-6-12-22/h1-18H,19H2,(H,32,36)(H,34,35)/b33-18+. The van der Waals surface area contributed by atoms with Gasteiger partial charge in [0, 0.05) is 4.47 Å². The van der Waals surface area contributed by atoms with E-state index >= 15 is 0 Å². The molecule has 0 atom stereocenters. The number of nitrogens with one attached hydrogen (secondary N) is 2. The zero-order chi connectivity index (χ0) is 28.3. The number of amides is 2. The van der Waals surface area contributed by atoms with Gasteiger partial charge in [0.2, 0.25) is 0 Å². The predicted molar refractivity (Wildman–Crippen MR) is 151 cm³/mol. The van der Waals surface area contributed by atoms with Crippen LogP contribution >= 0.6 is 15.9 Å². The number of carbonyl (C=O) groups is 4. The summed E-state index contributed by atoms with van der Waals surface area (Å²) in [5.74, 6) is -2.25. The third-order valence-corrected chi connectivity index (χ3v) is 6.01. The number of carbonyl (C=O) groups excluding carboxylic acids is 4. The van der Waals surface area contributed by atoms with E-state index in [0.717, 1.165) is 0 Å². The quantitative estimate of drug-likeness (QED) is 0.124. The van der Waals surface area contributed by atoms with E-state index in [4.69, 9.17) is 9.47 Å². The maximum Gasteiger partial charge on any atom is 0.343 e. The van der Waals surface area contributed by atoms with Gasteiger partial charge in [0.25, 0.3) is 11.8 Å². The molecule has 0 aliphatic rings. The Labute approximate surface area is 237 Å². The van der Waals surface area contributed by atoms with E-state index in [1.165, 1.54) is 18.3 Å². The van der Waals surface area contributed by atoms with Crippen LogP contribution in [-0.4, -0.2) is 36.5 Å². The first-order chi connectivity index (χ1) is 19.4. The summed E-state index contributed by atoms with van der Waals surface area (Å²) < 4.78 is 11.6. The smallest absolute Gasteiger partial charge is 0.343 e. The molecular weight excluding hydrogens is 578 g/mol. The number of nitrogens with zero attached hydrogens (tertiary/aromatic N) is 1. The number of hydrogen-bond donors (Lipinski definition) is 2. The Kier molecular flexibility index (Phi) is 9.52. The first-order valence-corrected chi connectivity index (χ1v) is 12.7. The molecule has 0 spiro atoms. The van der Waals surface area contributed by atoms with Crippen LogP contribution < -0.4 is 20.2 Å². The van der Waals surface area contributed by atoms with E-state index in [0.29, 0.717) is 26.7 Å². The second kappa shape index (κ2) is 13.6. The second-order valence-electron chi connectivity index (χ2n) is 8.17. The molecule has 0 fully saturated rings.